The topological polar surface area (TPSA) is 51.2 Å². The molecule has 1 atom stereocenters. The van der Waals surface area contributed by atoms with Crippen LogP contribution in [0.5, 0.6) is 0 Å². The van der Waals surface area contributed by atoms with Crippen molar-refractivity contribution in [2.24, 2.45) is 5.92 Å². The van der Waals surface area contributed by atoms with Gasteiger partial charge in [-0.1, -0.05) is 13.8 Å². The number of thiazole rings is 1. The van der Waals surface area contributed by atoms with E-state index in [-0.39, 0.29) is 11.9 Å². The summed E-state index contributed by atoms with van der Waals surface area (Å²) in [5.41, 5.74) is 0.823. The molecule has 0 bridgehead atoms. The van der Waals surface area contributed by atoms with Crippen LogP contribution >= 0.6 is 22.9 Å². The first-order chi connectivity index (χ1) is 9.06. The van der Waals surface area contributed by atoms with Crippen molar-refractivity contribution in [1.29, 1.82) is 0 Å². The summed E-state index contributed by atoms with van der Waals surface area (Å²) in [5, 5.41) is 5.68. The maximum absolute atomic E-state index is 12.0. The van der Waals surface area contributed by atoms with Gasteiger partial charge in [-0.05, 0) is 12.8 Å². The molecule has 0 fully saturated rings. The lowest BCUT2D eigenvalue weighted by molar-refractivity contribution is -0.122. The maximum Gasteiger partial charge on any atom is 0.227 e. The lowest BCUT2D eigenvalue weighted by atomic mass is 10.1. The quantitative estimate of drug-likeness (QED) is 0.751. The van der Waals surface area contributed by atoms with Gasteiger partial charge in [0.2, 0.25) is 5.91 Å². The molecule has 0 aromatic carbocycles. The Kier molecular flexibility index (Phi) is 7.34. The number of carbonyl (C=O) groups excluding carboxylic acids is 1. The van der Waals surface area contributed by atoms with Gasteiger partial charge in [-0.3, -0.25) is 4.79 Å². The molecule has 0 aliphatic rings. The van der Waals surface area contributed by atoms with E-state index in [1.807, 2.05) is 12.3 Å². The third kappa shape index (κ3) is 5.89. The molecule has 0 aliphatic heterocycles. The second-order valence-electron chi connectivity index (χ2n) is 4.62. The number of hydrogen-bond donors (Lipinski definition) is 1. The molecular weight excluding hydrogens is 284 g/mol. The third-order valence-electron chi connectivity index (χ3n) is 2.70. The molecule has 4 nitrogen and oxygen atoms in total. The van der Waals surface area contributed by atoms with Crippen LogP contribution in [0.2, 0.25) is 0 Å². The van der Waals surface area contributed by atoms with Gasteiger partial charge in [-0.2, -0.15) is 0 Å². The van der Waals surface area contributed by atoms with Crippen LogP contribution in [-0.2, 0) is 21.8 Å². The van der Waals surface area contributed by atoms with Crippen molar-refractivity contribution in [2.45, 2.75) is 39.1 Å². The highest BCUT2D eigenvalue weighted by Gasteiger charge is 2.17. The number of hydrogen-bond acceptors (Lipinski definition) is 4. The van der Waals surface area contributed by atoms with Crippen LogP contribution in [0.3, 0.4) is 0 Å². The summed E-state index contributed by atoms with van der Waals surface area (Å²) in [6.45, 7) is 7.29. The second kappa shape index (κ2) is 8.51. The Morgan fingerprint density at radius 1 is 1.58 bits per heavy atom. The lowest BCUT2D eigenvalue weighted by Gasteiger charge is -2.21. The molecule has 0 aliphatic carbocycles. The van der Waals surface area contributed by atoms with E-state index < -0.39 is 0 Å². The summed E-state index contributed by atoms with van der Waals surface area (Å²) in [6, 6.07) is 0.0416. The molecule has 19 heavy (non-hydrogen) atoms. The van der Waals surface area contributed by atoms with Crippen LogP contribution in [0.1, 0.15) is 31.5 Å². The Bertz CT molecular complexity index is 396. The first-order valence-electron chi connectivity index (χ1n) is 6.43. The fourth-order valence-corrected chi connectivity index (χ4v) is 2.55. The number of nitrogens with zero attached hydrogens (tertiary/aromatic N) is 1. The summed E-state index contributed by atoms with van der Waals surface area (Å²) in [6.07, 6.45) is 0.302. The van der Waals surface area contributed by atoms with E-state index in [1.54, 1.807) is 0 Å². The number of rotatable bonds is 8. The molecule has 1 aromatic heterocycles. The Morgan fingerprint density at radius 3 is 2.84 bits per heavy atom. The van der Waals surface area contributed by atoms with Gasteiger partial charge in [0, 0.05) is 12.0 Å². The minimum atomic E-state index is -0.0196. The van der Waals surface area contributed by atoms with Crippen molar-refractivity contribution in [3.8, 4) is 0 Å². The zero-order valence-electron chi connectivity index (χ0n) is 11.6. The third-order valence-corrected chi connectivity index (χ3v) is 3.87. The predicted octanol–water partition coefficient (Wildman–Crippen LogP) is 2.60. The SMILES string of the molecule is CCOCC(NC(=O)Cc1nc(CCl)cs1)C(C)C. The van der Waals surface area contributed by atoms with Gasteiger partial charge in [-0.15, -0.1) is 22.9 Å². The molecule has 0 radical (unpaired) electrons. The van der Waals surface area contributed by atoms with E-state index in [4.69, 9.17) is 16.3 Å². The van der Waals surface area contributed by atoms with Crippen LogP contribution in [0.15, 0.2) is 5.38 Å². The van der Waals surface area contributed by atoms with Gasteiger partial charge in [0.15, 0.2) is 0 Å². The largest absolute Gasteiger partial charge is 0.380 e. The average molecular weight is 305 g/mol. The zero-order chi connectivity index (χ0) is 14.3. The molecule has 0 spiro atoms. The number of aromatic nitrogens is 1. The lowest BCUT2D eigenvalue weighted by Crippen LogP contribution is -2.42. The Morgan fingerprint density at radius 2 is 2.32 bits per heavy atom. The molecule has 108 valence electrons. The number of alkyl halides is 1. The van der Waals surface area contributed by atoms with Crippen molar-refractivity contribution in [1.82, 2.24) is 10.3 Å². The van der Waals surface area contributed by atoms with Crippen LogP contribution in [0.4, 0.5) is 0 Å². The smallest absolute Gasteiger partial charge is 0.227 e. The number of carbonyl (C=O) groups is 1. The molecule has 0 saturated heterocycles. The Labute approximate surface area is 123 Å². The van der Waals surface area contributed by atoms with Crippen LogP contribution in [0.25, 0.3) is 0 Å². The van der Waals surface area contributed by atoms with E-state index in [0.717, 1.165) is 10.7 Å². The highest BCUT2D eigenvalue weighted by molar-refractivity contribution is 7.09. The Balaban J connectivity index is 2.47. The van der Waals surface area contributed by atoms with Gasteiger partial charge in [0.1, 0.15) is 5.01 Å². The van der Waals surface area contributed by atoms with E-state index in [0.29, 0.717) is 31.4 Å². The number of amides is 1. The predicted molar refractivity (Wildman–Crippen MR) is 78.6 cm³/mol. The minimum absolute atomic E-state index is 0.0196. The molecular formula is C13H21ClN2O2S. The highest BCUT2D eigenvalue weighted by atomic mass is 35.5. The Hall–Kier alpha value is -0.650. The van der Waals surface area contributed by atoms with E-state index in [1.165, 1.54) is 11.3 Å². The van der Waals surface area contributed by atoms with Crippen molar-refractivity contribution in [3.63, 3.8) is 0 Å². The summed E-state index contributed by atoms with van der Waals surface area (Å²) in [7, 11) is 0. The molecule has 1 amide bonds. The molecule has 1 N–H and O–H groups in total. The van der Waals surface area contributed by atoms with E-state index in [2.05, 4.69) is 24.1 Å². The normalized spacial score (nSPS) is 12.7. The van der Waals surface area contributed by atoms with Gasteiger partial charge < -0.3 is 10.1 Å². The number of ether oxygens (including phenoxy) is 1. The van der Waals surface area contributed by atoms with Gasteiger partial charge in [0.25, 0.3) is 0 Å². The van der Waals surface area contributed by atoms with Gasteiger partial charge >= 0.3 is 0 Å². The van der Waals surface area contributed by atoms with Gasteiger partial charge in [-0.25, -0.2) is 4.98 Å². The monoisotopic (exact) mass is 304 g/mol. The average Bonchev–Trinajstić information content (AvgIpc) is 2.81. The molecule has 0 saturated carbocycles. The van der Waals surface area contributed by atoms with Crippen molar-refractivity contribution in [3.05, 3.63) is 16.1 Å². The molecule has 6 heteroatoms. The first-order valence-corrected chi connectivity index (χ1v) is 7.84. The van der Waals surface area contributed by atoms with Crippen LogP contribution in [-0.4, -0.2) is 30.1 Å². The fourth-order valence-electron chi connectivity index (χ4n) is 1.53. The van der Waals surface area contributed by atoms with Crippen molar-refractivity contribution in [2.75, 3.05) is 13.2 Å². The fraction of sp³-hybridized carbons (Fsp3) is 0.692. The van der Waals surface area contributed by atoms with Crippen LogP contribution < -0.4 is 5.32 Å². The zero-order valence-corrected chi connectivity index (χ0v) is 13.2. The molecule has 1 heterocycles. The highest BCUT2D eigenvalue weighted by Crippen LogP contribution is 2.12. The summed E-state index contributed by atoms with van der Waals surface area (Å²) >= 11 is 7.16. The minimum Gasteiger partial charge on any atom is -0.380 e. The van der Waals surface area contributed by atoms with Gasteiger partial charge in [0.05, 0.1) is 30.6 Å². The molecule has 1 unspecified atom stereocenters. The number of halogens is 1. The summed E-state index contributed by atoms with van der Waals surface area (Å²) < 4.78 is 5.38. The van der Waals surface area contributed by atoms with Crippen molar-refractivity contribution >= 4 is 28.8 Å². The number of nitrogens with one attached hydrogen (secondary N) is 1. The molecule has 1 rings (SSSR count). The second-order valence-corrected chi connectivity index (χ2v) is 5.83. The molecule has 1 aromatic rings. The summed E-state index contributed by atoms with van der Waals surface area (Å²) in [5.74, 6) is 0.705. The van der Waals surface area contributed by atoms with E-state index in [9.17, 15) is 4.79 Å². The van der Waals surface area contributed by atoms with Crippen LogP contribution in [0, 0.1) is 5.92 Å². The van der Waals surface area contributed by atoms with E-state index >= 15 is 0 Å². The summed E-state index contributed by atoms with van der Waals surface area (Å²) in [4.78, 5) is 16.2. The van der Waals surface area contributed by atoms with Crippen molar-refractivity contribution < 1.29 is 9.53 Å². The first kappa shape index (κ1) is 16.4. The standard InChI is InChI=1S/C13H21ClN2O2S/c1-4-18-7-11(9(2)3)16-12(17)5-13-15-10(6-14)8-19-13/h8-9,11H,4-7H2,1-3H3,(H,16,17). The maximum atomic E-state index is 12.0.